The van der Waals surface area contributed by atoms with Crippen molar-refractivity contribution in [3.05, 3.63) is 0 Å². The molecule has 20 heavy (non-hydrogen) atoms. The molecule has 3 nitrogen and oxygen atoms in total. The molecule has 0 aromatic carbocycles. The van der Waals surface area contributed by atoms with Gasteiger partial charge in [-0.25, -0.2) is 0 Å². The fourth-order valence-electron chi connectivity index (χ4n) is 3.71. The first-order chi connectivity index (χ1) is 9.44. The number of amides is 1. The van der Waals surface area contributed by atoms with Gasteiger partial charge in [0.05, 0.1) is 4.99 Å². The van der Waals surface area contributed by atoms with Crippen LogP contribution in [0.2, 0.25) is 0 Å². The molecule has 0 saturated heterocycles. The Morgan fingerprint density at radius 2 is 1.95 bits per heavy atom. The molecule has 0 heterocycles. The van der Waals surface area contributed by atoms with E-state index in [4.69, 9.17) is 18.0 Å². The molecule has 2 saturated carbocycles. The van der Waals surface area contributed by atoms with Crippen molar-refractivity contribution >= 4 is 23.1 Å². The molecule has 4 heteroatoms. The number of thiocarbonyl (C=S) groups is 1. The van der Waals surface area contributed by atoms with Crippen LogP contribution in [0.1, 0.15) is 65.2 Å². The van der Waals surface area contributed by atoms with Crippen molar-refractivity contribution in [3.63, 3.8) is 0 Å². The summed E-state index contributed by atoms with van der Waals surface area (Å²) in [5.74, 6) is 0.969. The predicted molar refractivity (Wildman–Crippen MR) is 86.5 cm³/mol. The molecule has 0 atom stereocenters. The van der Waals surface area contributed by atoms with Gasteiger partial charge in [0.15, 0.2) is 0 Å². The highest BCUT2D eigenvalue weighted by Gasteiger charge is 2.46. The highest BCUT2D eigenvalue weighted by molar-refractivity contribution is 7.80. The van der Waals surface area contributed by atoms with E-state index in [1.165, 1.54) is 12.8 Å². The summed E-state index contributed by atoms with van der Waals surface area (Å²) < 4.78 is 0. The predicted octanol–water partition coefficient (Wildman–Crippen LogP) is 3.26. The maximum Gasteiger partial charge on any atom is 0.229 e. The Morgan fingerprint density at radius 3 is 2.40 bits per heavy atom. The Labute approximate surface area is 128 Å². The zero-order valence-corrected chi connectivity index (χ0v) is 13.7. The van der Waals surface area contributed by atoms with Crippen LogP contribution in [0.15, 0.2) is 0 Å². The van der Waals surface area contributed by atoms with Crippen LogP contribution in [0, 0.1) is 11.3 Å². The zero-order chi connectivity index (χ0) is 14.8. The van der Waals surface area contributed by atoms with Crippen molar-refractivity contribution in [1.29, 1.82) is 0 Å². The van der Waals surface area contributed by atoms with E-state index in [-0.39, 0.29) is 5.41 Å². The first kappa shape index (κ1) is 15.7. The fourth-order valence-corrected chi connectivity index (χ4v) is 3.80. The van der Waals surface area contributed by atoms with Crippen molar-refractivity contribution in [3.8, 4) is 0 Å². The van der Waals surface area contributed by atoms with Crippen LogP contribution in [0.25, 0.3) is 0 Å². The summed E-state index contributed by atoms with van der Waals surface area (Å²) in [7, 11) is 0. The molecular weight excluding hydrogens is 268 g/mol. The summed E-state index contributed by atoms with van der Waals surface area (Å²) >= 11 is 4.98. The first-order valence-corrected chi connectivity index (χ1v) is 8.45. The second kappa shape index (κ2) is 6.42. The minimum atomic E-state index is -0.0903. The molecule has 2 aliphatic rings. The SMILES string of the molecule is CC(C)CC1(C(=O)N(CCC(N)=S)C2CC2)CCCC1. The number of carbonyl (C=O) groups is 1. The van der Waals surface area contributed by atoms with Gasteiger partial charge in [-0.1, -0.05) is 38.9 Å². The molecule has 0 radical (unpaired) electrons. The third-order valence-electron chi connectivity index (χ3n) is 4.66. The Balaban J connectivity index is 2.09. The third-order valence-corrected chi connectivity index (χ3v) is 4.87. The van der Waals surface area contributed by atoms with Gasteiger partial charge in [-0.3, -0.25) is 4.79 Å². The second-order valence-electron chi connectivity index (χ2n) is 7.03. The standard InChI is InChI=1S/C16H28N2OS/c1-12(2)11-16(8-3-4-9-16)15(19)18(13-5-6-13)10-7-14(17)20/h12-13H,3-11H2,1-2H3,(H2,17,20). The Bertz CT molecular complexity index is 371. The molecule has 0 aromatic heterocycles. The van der Waals surface area contributed by atoms with E-state index in [1.807, 2.05) is 0 Å². The molecule has 1 amide bonds. The van der Waals surface area contributed by atoms with Crippen LogP contribution >= 0.6 is 12.2 Å². The lowest BCUT2D eigenvalue weighted by Gasteiger charge is -2.36. The summed E-state index contributed by atoms with van der Waals surface area (Å²) in [4.78, 5) is 15.8. The average molecular weight is 296 g/mol. The average Bonchev–Trinajstić information content (AvgIpc) is 3.08. The molecule has 0 bridgehead atoms. The van der Waals surface area contributed by atoms with Gasteiger partial charge in [-0.15, -0.1) is 0 Å². The molecule has 2 aliphatic carbocycles. The number of nitrogens with zero attached hydrogens (tertiary/aromatic N) is 1. The van der Waals surface area contributed by atoms with E-state index >= 15 is 0 Å². The molecular formula is C16H28N2OS. The highest BCUT2D eigenvalue weighted by atomic mass is 32.1. The van der Waals surface area contributed by atoms with Crippen molar-refractivity contribution in [1.82, 2.24) is 4.90 Å². The molecule has 114 valence electrons. The minimum Gasteiger partial charge on any atom is -0.393 e. The highest BCUT2D eigenvalue weighted by Crippen LogP contribution is 2.46. The van der Waals surface area contributed by atoms with E-state index in [0.29, 0.717) is 29.3 Å². The van der Waals surface area contributed by atoms with E-state index in [1.54, 1.807) is 0 Å². The van der Waals surface area contributed by atoms with E-state index in [0.717, 1.165) is 38.6 Å². The maximum absolute atomic E-state index is 13.1. The molecule has 0 aromatic rings. The van der Waals surface area contributed by atoms with Crippen LogP contribution in [0.5, 0.6) is 0 Å². The summed E-state index contributed by atoms with van der Waals surface area (Å²) in [6, 6.07) is 0.460. The van der Waals surface area contributed by atoms with Gasteiger partial charge in [-0.05, 0) is 38.0 Å². The summed E-state index contributed by atoms with van der Waals surface area (Å²) in [6.07, 6.45) is 8.54. The maximum atomic E-state index is 13.1. The van der Waals surface area contributed by atoms with Crippen LogP contribution in [-0.4, -0.2) is 28.4 Å². The summed E-state index contributed by atoms with van der Waals surface area (Å²) in [5, 5.41) is 0. The smallest absolute Gasteiger partial charge is 0.229 e. The van der Waals surface area contributed by atoms with Gasteiger partial charge in [0.25, 0.3) is 0 Å². The van der Waals surface area contributed by atoms with Crippen molar-refractivity contribution in [2.45, 2.75) is 71.3 Å². The van der Waals surface area contributed by atoms with Crippen molar-refractivity contribution in [2.75, 3.05) is 6.54 Å². The van der Waals surface area contributed by atoms with Gasteiger partial charge in [0.1, 0.15) is 0 Å². The third kappa shape index (κ3) is 3.72. The van der Waals surface area contributed by atoms with Gasteiger partial charge >= 0.3 is 0 Å². The Hall–Kier alpha value is -0.640. The van der Waals surface area contributed by atoms with Gasteiger partial charge in [0.2, 0.25) is 5.91 Å². The lowest BCUT2D eigenvalue weighted by atomic mass is 9.77. The minimum absolute atomic E-state index is 0.0903. The second-order valence-corrected chi connectivity index (χ2v) is 7.56. The number of hydrogen-bond donors (Lipinski definition) is 1. The molecule has 2 rings (SSSR count). The first-order valence-electron chi connectivity index (χ1n) is 8.04. The summed E-state index contributed by atoms with van der Waals surface area (Å²) in [5.41, 5.74) is 5.53. The van der Waals surface area contributed by atoms with Crippen LogP contribution in [0.3, 0.4) is 0 Å². The fraction of sp³-hybridized carbons (Fsp3) is 0.875. The van der Waals surface area contributed by atoms with Crippen molar-refractivity contribution in [2.24, 2.45) is 17.1 Å². The number of nitrogens with two attached hydrogens (primary N) is 1. The van der Waals surface area contributed by atoms with Gasteiger partial charge < -0.3 is 10.6 Å². The van der Waals surface area contributed by atoms with E-state index in [9.17, 15) is 4.79 Å². The van der Waals surface area contributed by atoms with Crippen LogP contribution in [-0.2, 0) is 4.79 Å². The molecule has 2 N–H and O–H groups in total. The molecule has 0 spiro atoms. The van der Waals surface area contributed by atoms with Crippen LogP contribution in [0.4, 0.5) is 0 Å². The summed E-state index contributed by atoms with van der Waals surface area (Å²) in [6.45, 7) is 5.17. The van der Waals surface area contributed by atoms with Crippen molar-refractivity contribution < 1.29 is 4.79 Å². The Morgan fingerprint density at radius 1 is 1.35 bits per heavy atom. The Kier molecular flexibility index (Phi) is 5.05. The monoisotopic (exact) mass is 296 g/mol. The number of rotatable bonds is 7. The van der Waals surface area contributed by atoms with Gasteiger partial charge in [-0.2, -0.15) is 0 Å². The quantitative estimate of drug-likeness (QED) is 0.734. The lowest BCUT2D eigenvalue weighted by molar-refractivity contribution is -0.143. The number of hydrogen-bond acceptors (Lipinski definition) is 2. The lowest BCUT2D eigenvalue weighted by Crippen LogP contribution is -2.45. The van der Waals surface area contributed by atoms with Gasteiger partial charge in [0, 0.05) is 24.4 Å². The molecule has 2 fully saturated rings. The molecule has 0 unspecified atom stereocenters. The van der Waals surface area contributed by atoms with E-state index in [2.05, 4.69) is 18.7 Å². The topological polar surface area (TPSA) is 46.3 Å². The zero-order valence-electron chi connectivity index (χ0n) is 12.9. The number of carbonyl (C=O) groups excluding carboxylic acids is 1. The molecule has 0 aliphatic heterocycles. The normalized spacial score (nSPS) is 21.1. The van der Waals surface area contributed by atoms with E-state index < -0.39 is 0 Å². The van der Waals surface area contributed by atoms with Crippen LogP contribution < -0.4 is 5.73 Å². The largest absolute Gasteiger partial charge is 0.393 e.